The highest BCUT2D eigenvalue weighted by molar-refractivity contribution is 5.63. The number of piperidine rings is 1. The van der Waals surface area contributed by atoms with E-state index >= 15 is 0 Å². The molecule has 1 aliphatic heterocycles. The number of alkyl halides is 3. The third kappa shape index (κ3) is 4.17. The van der Waals surface area contributed by atoms with E-state index in [2.05, 4.69) is 25.7 Å². The molecule has 0 bridgehead atoms. The molecule has 3 N–H and O–H groups in total. The number of methoxy groups -OCH3 is 1. The van der Waals surface area contributed by atoms with Gasteiger partial charge in [-0.15, -0.1) is 0 Å². The summed E-state index contributed by atoms with van der Waals surface area (Å²) < 4.78 is 75.4. The van der Waals surface area contributed by atoms with E-state index in [1.165, 1.54) is 0 Å². The minimum absolute atomic E-state index is 0.0140. The number of fused-ring (bicyclic) bond motifs is 1. The molecule has 3 aromatic heterocycles. The van der Waals surface area contributed by atoms with Crippen LogP contribution in [0.1, 0.15) is 25.5 Å². The standard InChI is InChI=1S/C20H21F5N6O2/c1-19(32,20(23,24)25)17-14(33-2)7-15-27-9-13(31(15)30-17)16-11(21)6-12(22)18(29-16)28-10-4-3-5-26-8-10/h6-7,9-10,26,32H,3-5,8H2,1-2H3,(H,28,29). The smallest absolute Gasteiger partial charge is 0.422 e. The van der Waals surface area contributed by atoms with Gasteiger partial charge >= 0.3 is 6.18 Å². The summed E-state index contributed by atoms with van der Waals surface area (Å²) in [4.78, 5) is 8.06. The average molecular weight is 472 g/mol. The van der Waals surface area contributed by atoms with Crippen LogP contribution in [0.3, 0.4) is 0 Å². The van der Waals surface area contributed by atoms with Crippen molar-refractivity contribution in [3.05, 3.63) is 35.7 Å². The van der Waals surface area contributed by atoms with Crippen LogP contribution in [-0.2, 0) is 5.60 Å². The molecule has 1 aliphatic rings. The summed E-state index contributed by atoms with van der Waals surface area (Å²) in [5.74, 6) is -2.53. The monoisotopic (exact) mass is 472 g/mol. The Morgan fingerprint density at radius 3 is 2.64 bits per heavy atom. The molecular weight excluding hydrogens is 451 g/mol. The molecule has 0 aliphatic carbocycles. The Kier molecular flexibility index (Phi) is 5.86. The third-order valence-electron chi connectivity index (χ3n) is 5.50. The summed E-state index contributed by atoms with van der Waals surface area (Å²) in [6.07, 6.45) is -2.31. The fraction of sp³-hybridized carbons (Fsp3) is 0.450. The van der Waals surface area contributed by atoms with E-state index in [0.717, 1.165) is 43.3 Å². The number of nitrogens with one attached hydrogen (secondary N) is 2. The molecule has 3 aromatic rings. The largest absolute Gasteiger partial charge is 0.495 e. The summed E-state index contributed by atoms with van der Waals surface area (Å²) in [6, 6.07) is 1.63. The van der Waals surface area contributed by atoms with E-state index in [1.54, 1.807) is 0 Å². The number of anilines is 1. The SMILES string of the molecule is COc1cc2ncc(-c3nc(NC4CCCNC4)c(F)cc3F)n2nc1C(C)(O)C(F)(F)F. The molecule has 2 atom stereocenters. The van der Waals surface area contributed by atoms with Crippen LogP contribution in [0, 0.1) is 11.6 Å². The zero-order valence-electron chi connectivity index (χ0n) is 17.7. The lowest BCUT2D eigenvalue weighted by molar-refractivity contribution is -0.261. The number of nitrogens with zero attached hydrogens (tertiary/aromatic N) is 4. The number of rotatable bonds is 5. The lowest BCUT2D eigenvalue weighted by atomic mass is 10.0. The summed E-state index contributed by atoms with van der Waals surface area (Å²) in [5, 5.41) is 20.1. The van der Waals surface area contributed by atoms with Crippen LogP contribution in [0.4, 0.5) is 27.8 Å². The van der Waals surface area contributed by atoms with Gasteiger partial charge < -0.3 is 20.5 Å². The van der Waals surface area contributed by atoms with Crippen molar-refractivity contribution in [2.24, 2.45) is 0 Å². The van der Waals surface area contributed by atoms with Crippen LogP contribution >= 0.6 is 0 Å². The molecule has 0 amide bonds. The lowest BCUT2D eigenvalue weighted by Gasteiger charge is -2.27. The van der Waals surface area contributed by atoms with Crippen LogP contribution in [0.15, 0.2) is 18.3 Å². The maximum atomic E-state index is 14.7. The van der Waals surface area contributed by atoms with Crippen molar-refractivity contribution in [1.29, 1.82) is 0 Å². The van der Waals surface area contributed by atoms with E-state index in [0.29, 0.717) is 19.5 Å². The molecule has 1 fully saturated rings. The van der Waals surface area contributed by atoms with Crippen molar-refractivity contribution in [1.82, 2.24) is 24.9 Å². The number of imidazole rings is 1. The van der Waals surface area contributed by atoms with E-state index in [1.807, 2.05) is 0 Å². The molecule has 2 unspecified atom stereocenters. The molecule has 4 rings (SSSR count). The zero-order valence-corrected chi connectivity index (χ0v) is 17.7. The number of aromatic nitrogens is 4. The molecule has 0 saturated carbocycles. The van der Waals surface area contributed by atoms with Gasteiger partial charge in [0, 0.05) is 24.7 Å². The van der Waals surface area contributed by atoms with E-state index in [9.17, 15) is 27.1 Å². The zero-order chi connectivity index (χ0) is 24.0. The van der Waals surface area contributed by atoms with Crippen molar-refractivity contribution < 1.29 is 31.8 Å². The van der Waals surface area contributed by atoms with Gasteiger partial charge in [-0.05, 0) is 26.3 Å². The minimum Gasteiger partial charge on any atom is -0.495 e. The fourth-order valence-electron chi connectivity index (χ4n) is 3.60. The number of ether oxygens (including phenoxy) is 1. The first kappa shape index (κ1) is 23.1. The normalized spacial score (nSPS) is 18.8. The van der Waals surface area contributed by atoms with Crippen LogP contribution < -0.4 is 15.4 Å². The highest BCUT2D eigenvalue weighted by atomic mass is 19.4. The lowest BCUT2D eigenvalue weighted by Crippen LogP contribution is -2.40. The fourth-order valence-corrected chi connectivity index (χ4v) is 3.60. The number of pyridine rings is 1. The van der Waals surface area contributed by atoms with Crippen molar-refractivity contribution in [2.45, 2.75) is 37.6 Å². The van der Waals surface area contributed by atoms with Crippen LogP contribution in [0.25, 0.3) is 17.0 Å². The van der Waals surface area contributed by atoms with Crippen molar-refractivity contribution >= 4 is 11.5 Å². The molecule has 4 heterocycles. The van der Waals surface area contributed by atoms with Crippen molar-refractivity contribution in [2.75, 3.05) is 25.5 Å². The predicted molar refractivity (Wildman–Crippen MR) is 108 cm³/mol. The maximum Gasteiger partial charge on any atom is 0.422 e. The third-order valence-corrected chi connectivity index (χ3v) is 5.50. The topological polar surface area (TPSA) is 96.6 Å². The Bertz CT molecular complexity index is 1170. The summed E-state index contributed by atoms with van der Waals surface area (Å²) in [6.45, 7) is 1.93. The molecule has 0 spiro atoms. The molecule has 0 aromatic carbocycles. The molecule has 0 radical (unpaired) electrons. The number of hydrogen-bond acceptors (Lipinski definition) is 7. The highest BCUT2D eigenvalue weighted by Crippen LogP contribution is 2.41. The Balaban J connectivity index is 1.83. The number of hydrogen-bond donors (Lipinski definition) is 3. The average Bonchev–Trinajstić information content (AvgIpc) is 3.17. The Morgan fingerprint density at radius 2 is 2.00 bits per heavy atom. The van der Waals surface area contributed by atoms with Gasteiger partial charge in [-0.1, -0.05) is 0 Å². The van der Waals surface area contributed by atoms with Crippen LogP contribution in [0.5, 0.6) is 5.75 Å². The molecule has 178 valence electrons. The van der Waals surface area contributed by atoms with Gasteiger partial charge in [-0.2, -0.15) is 18.3 Å². The van der Waals surface area contributed by atoms with E-state index in [4.69, 9.17) is 4.74 Å². The molecule has 13 heteroatoms. The van der Waals surface area contributed by atoms with Gasteiger partial charge in [-0.3, -0.25) is 0 Å². The molecule has 1 saturated heterocycles. The first-order chi connectivity index (χ1) is 15.5. The second-order valence-corrected chi connectivity index (χ2v) is 7.88. The minimum atomic E-state index is -5.08. The Morgan fingerprint density at radius 1 is 1.24 bits per heavy atom. The summed E-state index contributed by atoms with van der Waals surface area (Å²) in [7, 11) is 1.12. The number of aliphatic hydroxyl groups is 1. The van der Waals surface area contributed by atoms with Crippen molar-refractivity contribution in [3.8, 4) is 17.1 Å². The van der Waals surface area contributed by atoms with Crippen molar-refractivity contribution in [3.63, 3.8) is 0 Å². The number of halogens is 5. The van der Waals surface area contributed by atoms with Gasteiger partial charge in [0.2, 0.25) is 5.60 Å². The molecule has 8 nitrogen and oxygen atoms in total. The van der Waals surface area contributed by atoms with E-state index < -0.39 is 29.1 Å². The van der Waals surface area contributed by atoms with Gasteiger partial charge in [-0.25, -0.2) is 23.3 Å². The summed E-state index contributed by atoms with van der Waals surface area (Å²) in [5.41, 5.74) is -4.71. The second-order valence-electron chi connectivity index (χ2n) is 7.88. The molecular formula is C20H21F5N6O2. The van der Waals surface area contributed by atoms with E-state index in [-0.39, 0.29) is 34.6 Å². The first-order valence-corrected chi connectivity index (χ1v) is 10.1. The maximum absolute atomic E-state index is 14.7. The van der Waals surface area contributed by atoms with Gasteiger partial charge in [0.15, 0.2) is 23.1 Å². The second kappa shape index (κ2) is 8.37. The highest BCUT2D eigenvalue weighted by Gasteiger charge is 2.54. The predicted octanol–water partition coefficient (Wildman–Crippen LogP) is 3.01. The Hall–Kier alpha value is -3.06. The first-order valence-electron chi connectivity index (χ1n) is 10.1. The quantitative estimate of drug-likeness (QED) is 0.492. The van der Waals surface area contributed by atoms with Crippen LogP contribution in [-0.4, -0.2) is 57.1 Å². The van der Waals surface area contributed by atoms with Gasteiger partial charge in [0.1, 0.15) is 22.8 Å². The van der Waals surface area contributed by atoms with Gasteiger partial charge in [0.25, 0.3) is 0 Å². The van der Waals surface area contributed by atoms with Crippen LogP contribution in [0.2, 0.25) is 0 Å². The van der Waals surface area contributed by atoms with Gasteiger partial charge in [0.05, 0.1) is 13.3 Å². The molecule has 33 heavy (non-hydrogen) atoms. The summed E-state index contributed by atoms with van der Waals surface area (Å²) >= 11 is 0. The Labute approximate surface area is 184 Å².